The smallest absolute Gasteiger partial charge is 0.232 e. The van der Waals surface area contributed by atoms with Crippen LogP contribution in [0.15, 0.2) is 42.5 Å². The molecular weight excluding hydrogens is 448 g/mol. The van der Waals surface area contributed by atoms with E-state index < -0.39 is 10.0 Å². The first-order chi connectivity index (χ1) is 15.3. The molecule has 2 aromatic carbocycles. The standard InChI is InChI=1S/C23H30N2O5S2/c1-18-6-3-4-7-19(18)17-31-15-11-24-23(26)8-5-12-25(32(2,27)28)20-9-10-21-22(16-20)30-14-13-29-21/h3-4,6-7,9-10,16H,5,8,11-15,17H2,1-2H3,(H,24,26). The van der Waals surface area contributed by atoms with Crippen LogP contribution in [0.2, 0.25) is 0 Å². The predicted octanol–water partition coefficient (Wildman–Crippen LogP) is 3.36. The molecule has 1 heterocycles. The lowest BCUT2D eigenvalue weighted by molar-refractivity contribution is -0.121. The van der Waals surface area contributed by atoms with Crippen LogP contribution in [0.1, 0.15) is 24.0 Å². The van der Waals surface area contributed by atoms with Gasteiger partial charge in [-0.3, -0.25) is 9.10 Å². The first-order valence-electron chi connectivity index (χ1n) is 10.6. The molecule has 0 saturated carbocycles. The van der Waals surface area contributed by atoms with Gasteiger partial charge in [-0.25, -0.2) is 8.42 Å². The zero-order valence-electron chi connectivity index (χ0n) is 18.5. The van der Waals surface area contributed by atoms with E-state index in [0.717, 1.165) is 17.8 Å². The van der Waals surface area contributed by atoms with Gasteiger partial charge in [0, 0.05) is 37.1 Å². The molecule has 32 heavy (non-hydrogen) atoms. The lowest BCUT2D eigenvalue weighted by Gasteiger charge is -2.25. The number of hydrogen-bond acceptors (Lipinski definition) is 6. The van der Waals surface area contributed by atoms with E-state index in [2.05, 4.69) is 24.4 Å². The highest BCUT2D eigenvalue weighted by molar-refractivity contribution is 7.98. The van der Waals surface area contributed by atoms with Crippen molar-refractivity contribution in [2.45, 2.75) is 25.5 Å². The average molecular weight is 479 g/mol. The summed E-state index contributed by atoms with van der Waals surface area (Å²) in [6, 6.07) is 13.4. The predicted molar refractivity (Wildman–Crippen MR) is 129 cm³/mol. The molecule has 0 aromatic heterocycles. The minimum atomic E-state index is -3.49. The number of nitrogens with zero attached hydrogens (tertiary/aromatic N) is 1. The highest BCUT2D eigenvalue weighted by atomic mass is 32.2. The highest BCUT2D eigenvalue weighted by Gasteiger charge is 2.21. The van der Waals surface area contributed by atoms with Crippen LogP contribution in [-0.2, 0) is 20.6 Å². The number of amides is 1. The van der Waals surface area contributed by atoms with Crippen molar-refractivity contribution >= 4 is 33.4 Å². The molecule has 174 valence electrons. The summed E-state index contributed by atoms with van der Waals surface area (Å²) in [4.78, 5) is 12.2. The van der Waals surface area contributed by atoms with Gasteiger partial charge in [0.25, 0.3) is 0 Å². The largest absolute Gasteiger partial charge is 0.486 e. The van der Waals surface area contributed by atoms with Gasteiger partial charge < -0.3 is 14.8 Å². The Morgan fingerprint density at radius 1 is 1.12 bits per heavy atom. The molecule has 9 heteroatoms. The number of ether oxygens (including phenoxy) is 2. The third kappa shape index (κ3) is 7.06. The Balaban J connectivity index is 1.42. The topological polar surface area (TPSA) is 84.9 Å². The summed E-state index contributed by atoms with van der Waals surface area (Å²) in [6.07, 6.45) is 1.85. The quantitative estimate of drug-likeness (QED) is 0.499. The van der Waals surface area contributed by atoms with Crippen LogP contribution >= 0.6 is 11.8 Å². The third-order valence-electron chi connectivity index (χ3n) is 5.07. The maximum absolute atomic E-state index is 12.3. The molecular formula is C23H30N2O5S2. The van der Waals surface area contributed by atoms with E-state index in [1.54, 1.807) is 30.0 Å². The number of benzene rings is 2. The third-order valence-corrected chi connectivity index (χ3v) is 7.27. The molecule has 7 nitrogen and oxygen atoms in total. The van der Waals surface area contributed by atoms with Crippen molar-refractivity contribution in [2.75, 3.05) is 42.6 Å². The number of fused-ring (bicyclic) bond motifs is 1. The summed E-state index contributed by atoms with van der Waals surface area (Å²) in [5, 5.41) is 2.91. The molecule has 1 aliphatic rings. The Kier molecular flexibility index (Phi) is 8.69. The van der Waals surface area contributed by atoms with Gasteiger partial charge in [-0.2, -0.15) is 11.8 Å². The van der Waals surface area contributed by atoms with Gasteiger partial charge in [0.15, 0.2) is 11.5 Å². The zero-order chi connectivity index (χ0) is 23.0. The zero-order valence-corrected chi connectivity index (χ0v) is 20.1. The van der Waals surface area contributed by atoms with Crippen LogP contribution in [0, 0.1) is 6.92 Å². The Morgan fingerprint density at radius 2 is 1.88 bits per heavy atom. The summed E-state index contributed by atoms with van der Waals surface area (Å²) >= 11 is 1.78. The second kappa shape index (κ2) is 11.5. The molecule has 0 radical (unpaired) electrons. The van der Waals surface area contributed by atoms with Gasteiger partial charge in [-0.1, -0.05) is 24.3 Å². The minimum Gasteiger partial charge on any atom is -0.486 e. The average Bonchev–Trinajstić information content (AvgIpc) is 2.76. The molecule has 3 rings (SSSR count). The molecule has 1 aliphatic heterocycles. The summed E-state index contributed by atoms with van der Waals surface area (Å²) in [5.74, 6) is 2.81. The molecule has 1 N–H and O–H groups in total. The number of carbonyl (C=O) groups excluding carboxylic acids is 1. The van der Waals surface area contributed by atoms with Crippen molar-refractivity contribution in [3.63, 3.8) is 0 Å². The van der Waals surface area contributed by atoms with Gasteiger partial charge in [0.05, 0.1) is 11.9 Å². The lowest BCUT2D eigenvalue weighted by Crippen LogP contribution is -2.32. The summed E-state index contributed by atoms with van der Waals surface area (Å²) in [5.41, 5.74) is 3.09. The Bertz CT molecular complexity index is 1030. The van der Waals surface area contributed by atoms with Gasteiger partial charge in [-0.05, 0) is 36.6 Å². The van der Waals surface area contributed by atoms with E-state index in [1.807, 2.05) is 12.1 Å². The van der Waals surface area contributed by atoms with Crippen molar-refractivity contribution in [3.05, 3.63) is 53.6 Å². The number of rotatable bonds is 11. The molecule has 0 spiro atoms. The van der Waals surface area contributed by atoms with E-state index in [4.69, 9.17) is 9.47 Å². The summed E-state index contributed by atoms with van der Waals surface area (Å²) < 4.78 is 37.0. The number of anilines is 1. The fourth-order valence-corrected chi connectivity index (χ4v) is 5.25. The van der Waals surface area contributed by atoms with Crippen molar-refractivity contribution in [3.8, 4) is 11.5 Å². The molecule has 0 fully saturated rings. The second-order valence-corrected chi connectivity index (χ2v) is 10.6. The van der Waals surface area contributed by atoms with Crippen LogP contribution in [0.25, 0.3) is 0 Å². The van der Waals surface area contributed by atoms with Crippen molar-refractivity contribution in [2.24, 2.45) is 0 Å². The number of hydrogen-bond donors (Lipinski definition) is 1. The van der Waals surface area contributed by atoms with E-state index in [0.29, 0.717) is 43.4 Å². The number of aryl methyl sites for hydroxylation is 1. The van der Waals surface area contributed by atoms with Gasteiger partial charge in [0.2, 0.25) is 15.9 Å². The molecule has 0 unspecified atom stereocenters. The van der Waals surface area contributed by atoms with Crippen LogP contribution in [-0.4, -0.2) is 52.6 Å². The summed E-state index contributed by atoms with van der Waals surface area (Å²) in [7, 11) is -3.49. The maximum Gasteiger partial charge on any atom is 0.232 e. The van der Waals surface area contributed by atoms with E-state index in [9.17, 15) is 13.2 Å². The van der Waals surface area contributed by atoms with Crippen molar-refractivity contribution < 1.29 is 22.7 Å². The second-order valence-electron chi connectivity index (χ2n) is 7.60. The normalized spacial score (nSPS) is 12.9. The van der Waals surface area contributed by atoms with Crippen molar-refractivity contribution in [1.82, 2.24) is 5.32 Å². The molecule has 2 aromatic rings. The first kappa shape index (κ1) is 24.3. The highest BCUT2D eigenvalue weighted by Crippen LogP contribution is 2.34. The molecule has 1 amide bonds. The number of sulfonamides is 1. The van der Waals surface area contributed by atoms with Crippen molar-refractivity contribution in [1.29, 1.82) is 0 Å². The Labute approximate surface area is 194 Å². The lowest BCUT2D eigenvalue weighted by atomic mass is 10.1. The van der Waals surface area contributed by atoms with Crippen LogP contribution in [0.3, 0.4) is 0 Å². The number of nitrogens with one attached hydrogen (secondary N) is 1. The first-order valence-corrected chi connectivity index (χ1v) is 13.6. The molecule has 0 saturated heterocycles. The Morgan fingerprint density at radius 3 is 2.62 bits per heavy atom. The number of thioether (sulfide) groups is 1. The molecule has 0 aliphatic carbocycles. The van der Waals surface area contributed by atoms with E-state index in [1.165, 1.54) is 15.4 Å². The molecule has 0 bridgehead atoms. The van der Waals surface area contributed by atoms with Crippen LogP contribution < -0.4 is 19.1 Å². The van der Waals surface area contributed by atoms with Gasteiger partial charge in [0.1, 0.15) is 13.2 Å². The summed E-state index contributed by atoms with van der Waals surface area (Å²) in [6.45, 7) is 3.81. The van der Waals surface area contributed by atoms with Gasteiger partial charge >= 0.3 is 0 Å². The fraction of sp³-hybridized carbons (Fsp3) is 0.435. The van der Waals surface area contributed by atoms with Gasteiger partial charge in [-0.15, -0.1) is 0 Å². The fourth-order valence-electron chi connectivity index (χ4n) is 3.36. The Hall–Kier alpha value is -2.39. The maximum atomic E-state index is 12.3. The van der Waals surface area contributed by atoms with E-state index in [-0.39, 0.29) is 18.9 Å². The van der Waals surface area contributed by atoms with E-state index >= 15 is 0 Å². The van der Waals surface area contributed by atoms with Crippen LogP contribution in [0.5, 0.6) is 11.5 Å². The molecule has 0 atom stereocenters. The monoisotopic (exact) mass is 478 g/mol. The SMILES string of the molecule is Cc1ccccc1CSCCNC(=O)CCCN(c1ccc2c(c1)OCCO2)S(C)(=O)=O. The van der Waals surface area contributed by atoms with Crippen LogP contribution in [0.4, 0.5) is 5.69 Å². The minimum absolute atomic E-state index is 0.0721. The number of carbonyl (C=O) groups is 1.